The van der Waals surface area contributed by atoms with Crippen molar-refractivity contribution in [3.8, 4) is 5.75 Å². The van der Waals surface area contributed by atoms with Crippen molar-refractivity contribution in [3.63, 3.8) is 0 Å². The van der Waals surface area contributed by atoms with Gasteiger partial charge in [0.25, 0.3) is 0 Å². The molecule has 2 aromatic rings. The van der Waals surface area contributed by atoms with Crippen LogP contribution >= 0.6 is 11.6 Å². The quantitative estimate of drug-likeness (QED) is 0.931. The largest absolute Gasteiger partial charge is 0.486 e. The summed E-state index contributed by atoms with van der Waals surface area (Å²) in [6, 6.07) is 7.68. The van der Waals surface area contributed by atoms with Crippen molar-refractivity contribution >= 4 is 17.6 Å². The molecule has 0 saturated carbocycles. The molecule has 0 fully saturated rings. The van der Waals surface area contributed by atoms with Crippen molar-refractivity contribution in [2.45, 2.75) is 6.61 Å². The monoisotopic (exact) mass is 298 g/mol. The third kappa shape index (κ3) is 3.05. The second-order valence-corrected chi connectivity index (χ2v) is 4.36. The molecule has 0 aliphatic heterocycles. The summed E-state index contributed by atoms with van der Waals surface area (Å²) in [4.78, 5) is 10.7. The third-order valence-corrected chi connectivity index (χ3v) is 2.95. The molecule has 0 unspecified atom stereocenters. The summed E-state index contributed by atoms with van der Waals surface area (Å²) in [6.07, 6.45) is 0. The predicted molar refractivity (Wildman–Crippen MR) is 69.1 cm³/mol. The maximum atomic E-state index is 13.4. The Morgan fingerprint density at radius 2 is 2.00 bits per heavy atom. The summed E-state index contributed by atoms with van der Waals surface area (Å²) in [5.74, 6) is -3.42. The first-order chi connectivity index (χ1) is 9.49. The van der Waals surface area contributed by atoms with E-state index in [4.69, 9.17) is 21.4 Å². The Hall–Kier alpha value is -2.14. The standard InChI is InChI=1S/C14H9ClF2O3/c15-10-6-8(14(18)19)4-5-9(10)7-20-12-3-1-2-11(16)13(12)17/h1-6H,7H2,(H,18,19). The predicted octanol–water partition coefficient (Wildman–Crippen LogP) is 3.90. The molecule has 0 aliphatic carbocycles. The van der Waals surface area contributed by atoms with Crippen LogP contribution in [-0.2, 0) is 6.61 Å². The summed E-state index contributed by atoms with van der Waals surface area (Å²) in [7, 11) is 0. The van der Waals surface area contributed by atoms with Crippen molar-refractivity contribution in [1.29, 1.82) is 0 Å². The average Bonchev–Trinajstić information content (AvgIpc) is 2.41. The first-order valence-electron chi connectivity index (χ1n) is 5.57. The van der Waals surface area contributed by atoms with Crippen LogP contribution in [0.25, 0.3) is 0 Å². The topological polar surface area (TPSA) is 46.5 Å². The lowest BCUT2D eigenvalue weighted by molar-refractivity contribution is 0.0697. The molecule has 0 spiro atoms. The van der Waals surface area contributed by atoms with E-state index >= 15 is 0 Å². The fourth-order valence-electron chi connectivity index (χ4n) is 1.55. The van der Waals surface area contributed by atoms with E-state index < -0.39 is 17.6 Å². The smallest absolute Gasteiger partial charge is 0.335 e. The highest BCUT2D eigenvalue weighted by molar-refractivity contribution is 6.31. The lowest BCUT2D eigenvalue weighted by Gasteiger charge is -2.09. The average molecular weight is 299 g/mol. The van der Waals surface area contributed by atoms with Gasteiger partial charge in [0, 0.05) is 10.6 Å². The van der Waals surface area contributed by atoms with Crippen LogP contribution in [0, 0.1) is 11.6 Å². The number of carboxylic acid groups (broad SMARTS) is 1. The van der Waals surface area contributed by atoms with E-state index in [2.05, 4.69) is 0 Å². The number of carbonyl (C=O) groups is 1. The van der Waals surface area contributed by atoms with Gasteiger partial charge in [0.15, 0.2) is 11.6 Å². The summed E-state index contributed by atoms with van der Waals surface area (Å²) < 4.78 is 31.5. The number of benzene rings is 2. The first kappa shape index (κ1) is 14.3. The summed E-state index contributed by atoms with van der Waals surface area (Å²) in [6.45, 7) is -0.0981. The van der Waals surface area contributed by atoms with Gasteiger partial charge < -0.3 is 9.84 Å². The van der Waals surface area contributed by atoms with Gasteiger partial charge in [0.05, 0.1) is 5.56 Å². The van der Waals surface area contributed by atoms with Crippen molar-refractivity contribution in [2.24, 2.45) is 0 Å². The zero-order valence-corrected chi connectivity index (χ0v) is 10.8. The number of ether oxygens (including phenoxy) is 1. The maximum Gasteiger partial charge on any atom is 0.335 e. The Morgan fingerprint density at radius 3 is 2.65 bits per heavy atom. The highest BCUT2D eigenvalue weighted by atomic mass is 35.5. The van der Waals surface area contributed by atoms with E-state index in [0.717, 1.165) is 6.07 Å². The molecule has 2 rings (SSSR count). The van der Waals surface area contributed by atoms with Crippen LogP contribution in [0.15, 0.2) is 36.4 Å². The van der Waals surface area contributed by atoms with Crippen molar-refractivity contribution in [3.05, 3.63) is 64.2 Å². The van der Waals surface area contributed by atoms with Crippen LogP contribution < -0.4 is 4.74 Å². The minimum Gasteiger partial charge on any atom is -0.486 e. The molecule has 3 nitrogen and oxygen atoms in total. The highest BCUT2D eigenvalue weighted by Gasteiger charge is 2.11. The second kappa shape index (κ2) is 5.88. The van der Waals surface area contributed by atoms with E-state index in [1.165, 1.54) is 30.3 Å². The summed E-state index contributed by atoms with van der Waals surface area (Å²) in [5, 5.41) is 8.98. The van der Waals surface area contributed by atoms with Gasteiger partial charge in [-0.3, -0.25) is 0 Å². The third-order valence-electron chi connectivity index (χ3n) is 2.60. The molecule has 0 aromatic heterocycles. The van der Waals surface area contributed by atoms with Crippen LogP contribution in [0.3, 0.4) is 0 Å². The van der Waals surface area contributed by atoms with E-state index in [9.17, 15) is 13.6 Å². The van der Waals surface area contributed by atoms with Crippen LogP contribution in [0.4, 0.5) is 8.78 Å². The summed E-state index contributed by atoms with van der Waals surface area (Å²) in [5.41, 5.74) is 0.510. The van der Waals surface area contributed by atoms with Gasteiger partial charge in [0.2, 0.25) is 5.82 Å². The number of rotatable bonds is 4. The molecule has 0 bridgehead atoms. The number of halogens is 3. The molecule has 6 heteroatoms. The van der Waals surface area contributed by atoms with Crippen LogP contribution in [0.2, 0.25) is 5.02 Å². The SMILES string of the molecule is O=C(O)c1ccc(COc2cccc(F)c2F)c(Cl)c1. The molecule has 0 radical (unpaired) electrons. The van der Waals surface area contributed by atoms with Gasteiger partial charge in [-0.25, -0.2) is 9.18 Å². The first-order valence-corrected chi connectivity index (χ1v) is 5.95. The number of aromatic carboxylic acids is 1. The lowest BCUT2D eigenvalue weighted by atomic mass is 10.1. The highest BCUT2D eigenvalue weighted by Crippen LogP contribution is 2.23. The minimum atomic E-state index is -1.10. The minimum absolute atomic E-state index is 0.0377. The zero-order chi connectivity index (χ0) is 14.7. The molecule has 2 aromatic carbocycles. The van der Waals surface area contributed by atoms with E-state index in [0.29, 0.717) is 5.56 Å². The number of hydrogen-bond donors (Lipinski definition) is 1. The normalized spacial score (nSPS) is 10.3. The van der Waals surface area contributed by atoms with Crippen molar-refractivity contribution in [2.75, 3.05) is 0 Å². The molecule has 0 heterocycles. The van der Waals surface area contributed by atoms with Gasteiger partial charge in [-0.1, -0.05) is 23.7 Å². The molecular formula is C14H9ClF2O3. The number of carboxylic acids is 1. The van der Waals surface area contributed by atoms with E-state index in [1.54, 1.807) is 0 Å². The van der Waals surface area contributed by atoms with E-state index in [-0.39, 0.29) is 22.9 Å². The number of hydrogen-bond acceptors (Lipinski definition) is 2. The molecule has 0 aliphatic rings. The molecular weight excluding hydrogens is 290 g/mol. The Bertz CT molecular complexity index is 659. The molecule has 104 valence electrons. The van der Waals surface area contributed by atoms with E-state index in [1.807, 2.05) is 0 Å². The van der Waals surface area contributed by atoms with Crippen LogP contribution in [0.1, 0.15) is 15.9 Å². The molecule has 0 atom stereocenters. The van der Waals surface area contributed by atoms with Gasteiger partial charge in [-0.2, -0.15) is 4.39 Å². The Kier molecular flexibility index (Phi) is 4.20. The molecule has 1 N–H and O–H groups in total. The van der Waals surface area contributed by atoms with Gasteiger partial charge in [-0.05, 0) is 24.3 Å². The van der Waals surface area contributed by atoms with Crippen LogP contribution in [0.5, 0.6) is 5.75 Å². The summed E-state index contributed by atoms with van der Waals surface area (Å²) >= 11 is 5.90. The Balaban J connectivity index is 2.15. The fourth-order valence-corrected chi connectivity index (χ4v) is 1.78. The van der Waals surface area contributed by atoms with Crippen LogP contribution in [-0.4, -0.2) is 11.1 Å². The lowest BCUT2D eigenvalue weighted by Crippen LogP contribution is -2.01. The van der Waals surface area contributed by atoms with Crippen molar-refractivity contribution < 1.29 is 23.4 Å². The Morgan fingerprint density at radius 1 is 1.25 bits per heavy atom. The molecule has 0 saturated heterocycles. The van der Waals surface area contributed by atoms with Gasteiger partial charge >= 0.3 is 5.97 Å². The van der Waals surface area contributed by atoms with Crippen molar-refractivity contribution in [1.82, 2.24) is 0 Å². The maximum absolute atomic E-state index is 13.4. The molecule has 0 amide bonds. The second-order valence-electron chi connectivity index (χ2n) is 3.95. The Labute approximate surface area is 118 Å². The molecule has 20 heavy (non-hydrogen) atoms. The fraction of sp³-hybridized carbons (Fsp3) is 0.0714. The van der Waals surface area contributed by atoms with Gasteiger partial charge in [0.1, 0.15) is 6.61 Å². The zero-order valence-electron chi connectivity index (χ0n) is 10.1. The van der Waals surface area contributed by atoms with Gasteiger partial charge in [-0.15, -0.1) is 0 Å².